The third-order valence-corrected chi connectivity index (χ3v) is 2.56. The molecule has 0 aliphatic carbocycles. The van der Waals surface area contributed by atoms with Crippen molar-refractivity contribution in [2.75, 3.05) is 0 Å². The van der Waals surface area contributed by atoms with Gasteiger partial charge in [-0.2, -0.15) is 13.2 Å². The highest BCUT2D eigenvalue weighted by Gasteiger charge is 2.34. The van der Waals surface area contributed by atoms with Crippen LogP contribution in [0.25, 0.3) is 0 Å². The molecule has 0 aromatic heterocycles. The van der Waals surface area contributed by atoms with Crippen molar-refractivity contribution in [2.45, 2.75) is 31.4 Å². The first-order chi connectivity index (χ1) is 7.29. The van der Waals surface area contributed by atoms with Crippen LogP contribution in [-0.4, -0.2) is 11.1 Å². The molecule has 1 nitrogen and oxygen atoms in total. The Balaban J connectivity index is 2.52. The van der Waals surface area contributed by atoms with E-state index in [2.05, 4.69) is 0 Å². The molecule has 0 unspecified atom stereocenters. The Hall–Kier alpha value is -0.680. The minimum Gasteiger partial charge on any atom is -0.301 e. The normalized spacial score (nSPS) is 12.8. The van der Waals surface area contributed by atoms with E-state index >= 15 is 0 Å². The van der Waals surface area contributed by atoms with Crippen molar-refractivity contribution < 1.29 is 17.4 Å². The smallest absolute Gasteiger partial charge is 0.301 e. The van der Waals surface area contributed by atoms with Crippen molar-refractivity contribution in [3.05, 3.63) is 35.9 Å². The summed E-state index contributed by atoms with van der Waals surface area (Å²) in [6.45, 7) is 3.28. The molecule has 0 spiro atoms. The fourth-order valence-electron chi connectivity index (χ4n) is 1.28. The second kappa shape index (κ2) is 5.10. The largest absolute Gasteiger partial charge is 0.467 e. The maximum atomic E-state index is 12.0. The standard InChI is InChI=1S/C11H13F3OS/c1-10(2,15-16-11(12,13)14)8-9-6-4-3-5-7-9/h3-7H,8H2,1-2H3. The molecule has 0 saturated heterocycles. The van der Waals surface area contributed by atoms with Crippen molar-refractivity contribution in [3.63, 3.8) is 0 Å². The molecule has 1 rings (SSSR count). The van der Waals surface area contributed by atoms with Crippen molar-refractivity contribution in [1.29, 1.82) is 0 Å². The van der Waals surface area contributed by atoms with Gasteiger partial charge in [-0.25, -0.2) is 0 Å². The maximum absolute atomic E-state index is 12.0. The summed E-state index contributed by atoms with van der Waals surface area (Å²) in [7, 11) is 0. The zero-order valence-corrected chi connectivity index (χ0v) is 9.86. The lowest BCUT2D eigenvalue weighted by atomic mass is 9.99. The Labute approximate surface area is 97.2 Å². The Bertz CT molecular complexity index is 322. The first-order valence-electron chi connectivity index (χ1n) is 4.76. The van der Waals surface area contributed by atoms with E-state index in [0.29, 0.717) is 6.42 Å². The summed E-state index contributed by atoms with van der Waals surface area (Å²) in [4.78, 5) is 0. The molecule has 0 aliphatic rings. The molecular formula is C11H13F3OS. The summed E-state index contributed by atoms with van der Waals surface area (Å²) >= 11 is -0.440. The van der Waals surface area contributed by atoms with Crippen molar-refractivity contribution in [3.8, 4) is 0 Å². The third-order valence-electron chi connectivity index (χ3n) is 1.83. The zero-order valence-electron chi connectivity index (χ0n) is 9.04. The van der Waals surface area contributed by atoms with Crippen LogP contribution in [0, 0.1) is 0 Å². The molecule has 0 fully saturated rings. The van der Waals surface area contributed by atoms with Gasteiger partial charge in [0.05, 0.1) is 5.60 Å². The highest BCUT2D eigenvalue weighted by Crippen LogP contribution is 2.35. The van der Waals surface area contributed by atoms with E-state index in [4.69, 9.17) is 4.18 Å². The van der Waals surface area contributed by atoms with Crippen LogP contribution in [0.15, 0.2) is 30.3 Å². The monoisotopic (exact) mass is 250 g/mol. The number of hydrogen-bond acceptors (Lipinski definition) is 2. The molecule has 0 saturated carbocycles. The van der Waals surface area contributed by atoms with Gasteiger partial charge in [-0.1, -0.05) is 30.3 Å². The lowest BCUT2D eigenvalue weighted by molar-refractivity contribution is -0.0454. The first kappa shape index (κ1) is 13.4. The Morgan fingerprint density at radius 2 is 1.69 bits per heavy atom. The summed E-state index contributed by atoms with van der Waals surface area (Å²) in [6.07, 6.45) is 0.441. The second-order valence-corrected chi connectivity index (χ2v) is 4.83. The van der Waals surface area contributed by atoms with E-state index in [-0.39, 0.29) is 0 Å². The van der Waals surface area contributed by atoms with Gasteiger partial charge in [-0.15, -0.1) is 0 Å². The van der Waals surface area contributed by atoms with Crippen LogP contribution < -0.4 is 0 Å². The molecule has 0 N–H and O–H groups in total. The molecule has 5 heteroatoms. The van der Waals surface area contributed by atoms with Gasteiger partial charge in [0, 0.05) is 6.42 Å². The Kier molecular flexibility index (Phi) is 4.27. The summed E-state index contributed by atoms with van der Waals surface area (Å²) in [5.41, 5.74) is -4.24. The average molecular weight is 250 g/mol. The van der Waals surface area contributed by atoms with Crippen LogP contribution in [0.3, 0.4) is 0 Å². The SMILES string of the molecule is CC(C)(Cc1ccccc1)OSC(F)(F)F. The van der Waals surface area contributed by atoms with E-state index in [9.17, 15) is 13.2 Å². The van der Waals surface area contributed by atoms with Gasteiger partial charge in [0.1, 0.15) is 12.0 Å². The summed E-state index contributed by atoms with van der Waals surface area (Å²) in [5, 5.41) is 0. The molecular weight excluding hydrogens is 237 g/mol. The van der Waals surface area contributed by atoms with Gasteiger partial charge in [0.25, 0.3) is 0 Å². The van der Waals surface area contributed by atoms with E-state index in [1.165, 1.54) is 0 Å². The van der Waals surface area contributed by atoms with Gasteiger partial charge in [-0.3, -0.25) is 0 Å². The summed E-state index contributed by atoms with van der Waals surface area (Å²) < 4.78 is 40.7. The fraction of sp³-hybridized carbons (Fsp3) is 0.455. The molecule has 0 heterocycles. The van der Waals surface area contributed by atoms with E-state index in [0.717, 1.165) is 5.56 Å². The summed E-state index contributed by atoms with van der Waals surface area (Å²) in [6, 6.07) is 9.29. The van der Waals surface area contributed by atoms with Gasteiger partial charge in [-0.05, 0) is 19.4 Å². The molecule has 1 aromatic rings. The lowest BCUT2D eigenvalue weighted by Gasteiger charge is -2.24. The molecule has 1 aromatic carbocycles. The van der Waals surface area contributed by atoms with Crippen LogP contribution in [0.5, 0.6) is 0 Å². The van der Waals surface area contributed by atoms with Crippen LogP contribution >= 0.6 is 12.0 Å². The van der Waals surface area contributed by atoms with Gasteiger partial charge < -0.3 is 4.18 Å². The second-order valence-electron chi connectivity index (χ2n) is 4.03. The predicted octanol–water partition coefficient (Wildman–Crippen LogP) is 4.19. The Morgan fingerprint density at radius 3 is 2.19 bits per heavy atom. The highest BCUT2D eigenvalue weighted by molar-refractivity contribution is 7.95. The van der Waals surface area contributed by atoms with Crippen molar-refractivity contribution in [2.24, 2.45) is 0 Å². The van der Waals surface area contributed by atoms with E-state index < -0.39 is 23.2 Å². The quantitative estimate of drug-likeness (QED) is 0.741. The minimum absolute atomic E-state index is 0.440. The zero-order chi connectivity index (χ0) is 12.2. The van der Waals surface area contributed by atoms with Crippen molar-refractivity contribution >= 4 is 12.0 Å². The fourth-order valence-corrected chi connectivity index (χ4v) is 1.66. The summed E-state index contributed by atoms with van der Waals surface area (Å²) in [5.74, 6) is 0. The molecule has 0 bridgehead atoms. The van der Waals surface area contributed by atoms with Crippen LogP contribution in [0.2, 0.25) is 0 Å². The molecule has 0 atom stereocenters. The van der Waals surface area contributed by atoms with E-state index in [1.807, 2.05) is 30.3 Å². The van der Waals surface area contributed by atoms with Crippen LogP contribution in [-0.2, 0) is 10.6 Å². The van der Waals surface area contributed by atoms with Crippen molar-refractivity contribution in [1.82, 2.24) is 0 Å². The lowest BCUT2D eigenvalue weighted by Crippen LogP contribution is -2.26. The third kappa shape index (κ3) is 5.42. The van der Waals surface area contributed by atoms with Crippen LogP contribution in [0.1, 0.15) is 19.4 Å². The molecule has 16 heavy (non-hydrogen) atoms. The topological polar surface area (TPSA) is 9.23 Å². The Morgan fingerprint density at radius 1 is 1.12 bits per heavy atom. The number of alkyl halides is 3. The molecule has 0 amide bonds. The number of hydrogen-bond donors (Lipinski definition) is 0. The highest BCUT2D eigenvalue weighted by atomic mass is 32.2. The predicted molar refractivity (Wildman–Crippen MR) is 59.0 cm³/mol. The maximum Gasteiger partial charge on any atom is 0.467 e. The molecule has 0 aliphatic heterocycles. The number of halogens is 3. The van der Waals surface area contributed by atoms with E-state index in [1.54, 1.807) is 13.8 Å². The number of rotatable bonds is 4. The molecule has 90 valence electrons. The van der Waals surface area contributed by atoms with Gasteiger partial charge >= 0.3 is 5.51 Å². The number of benzene rings is 1. The molecule has 0 radical (unpaired) electrons. The van der Waals surface area contributed by atoms with Crippen LogP contribution in [0.4, 0.5) is 13.2 Å². The van der Waals surface area contributed by atoms with Gasteiger partial charge in [0.15, 0.2) is 0 Å². The average Bonchev–Trinajstić information content (AvgIpc) is 2.15. The van der Waals surface area contributed by atoms with Gasteiger partial charge in [0.2, 0.25) is 0 Å². The minimum atomic E-state index is -4.35. The first-order valence-corrected chi connectivity index (χ1v) is 5.50.